The lowest BCUT2D eigenvalue weighted by Gasteiger charge is -2.10. The maximum atomic E-state index is 12.5. The van der Waals surface area contributed by atoms with Crippen molar-refractivity contribution in [2.24, 2.45) is 0 Å². The smallest absolute Gasteiger partial charge is 0.184 e. The first kappa shape index (κ1) is 14.9. The van der Waals surface area contributed by atoms with Crippen molar-refractivity contribution < 1.29 is 13.2 Å². The molecule has 0 saturated carbocycles. The predicted molar refractivity (Wildman–Crippen MR) is 79.5 cm³/mol. The van der Waals surface area contributed by atoms with Gasteiger partial charge in [-0.15, -0.1) is 0 Å². The van der Waals surface area contributed by atoms with Crippen LogP contribution in [0.15, 0.2) is 47.4 Å². The van der Waals surface area contributed by atoms with E-state index in [1.807, 2.05) is 6.07 Å². The fourth-order valence-corrected chi connectivity index (χ4v) is 3.49. The van der Waals surface area contributed by atoms with E-state index in [0.717, 1.165) is 0 Å². The molecule has 2 aromatic rings. The second-order valence-corrected chi connectivity index (χ2v) is 6.39. The molecule has 6 heteroatoms. The molecule has 108 valence electrons. The molecule has 0 aliphatic rings. The number of hydrogen-bond donors (Lipinski definition) is 1. The molecular weight excluding hydrogens is 288 g/mol. The lowest BCUT2D eigenvalue weighted by atomic mass is 10.1. The molecule has 0 aliphatic heterocycles. The molecule has 0 aliphatic carbocycles. The Kier molecular flexibility index (Phi) is 4.15. The lowest BCUT2D eigenvalue weighted by Crippen LogP contribution is -2.09. The Hall–Kier alpha value is -2.52. The highest BCUT2D eigenvalue weighted by atomic mass is 32.2. The minimum absolute atomic E-state index is 0.00888. The molecule has 0 atom stereocenters. The number of sulfone groups is 1. The van der Waals surface area contributed by atoms with Gasteiger partial charge in [0.05, 0.1) is 35.1 Å². The number of ether oxygens (including phenoxy) is 1. The molecule has 0 aromatic heterocycles. The molecule has 0 heterocycles. The zero-order valence-electron chi connectivity index (χ0n) is 11.4. The summed E-state index contributed by atoms with van der Waals surface area (Å²) in [5.41, 5.74) is 6.69. The van der Waals surface area contributed by atoms with E-state index in [0.29, 0.717) is 16.9 Å². The van der Waals surface area contributed by atoms with Crippen molar-refractivity contribution >= 4 is 15.5 Å². The van der Waals surface area contributed by atoms with Crippen molar-refractivity contribution in [3.63, 3.8) is 0 Å². The van der Waals surface area contributed by atoms with E-state index in [1.165, 1.54) is 19.2 Å². The van der Waals surface area contributed by atoms with E-state index >= 15 is 0 Å². The van der Waals surface area contributed by atoms with Gasteiger partial charge in [-0.2, -0.15) is 5.26 Å². The molecule has 0 saturated heterocycles. The number of nitrogens with zero attached hydrogens (tertiary/aromatic N) is 1. The molecule has 0 unspecified atom stereocenters. The SMILES string of the molecule is COc1ccc(N)c(S(=O)(=O)Cc2ccccc2C#N)c1. The van der Waals surface area contributed by atoms with Gasteiger partial charge in [-0.25, -0.2) is 8.42 Å². The van der Waals surface area contributed by atoms with Crippen LogP contribution in [0.5, 0.6) is 5.75 Å². The number of hydrogen-bond acceptors (Lipinski definition) is 5. The van der Waals surface area contributed by atoms with Gasteiger partial charge in [-0.3, -0.25) is 0 Å². The molecule has 0 fully saturated rings. The van der Waals surface area contributed by atoms with Crippen molar-refractivity contribution in [2.75, 3.05) is 12.8 Å². The number of rotatable bonds is 4. The highest BCUT2D eigenvalue weighted by Gasteiger charge is 2.20. The number of nitrogen functional groups attached to an aromatic ring is 1. The number of benzene rings is 2. The summed E-state index contributed by atoms with van der Waals surface area (Å²) in [5.74, 6) is 0.130. The van der Waals surface area contributed by atoms with Crippen molar-refractivity contribution in [3.05, 3.63) is 53.6 Å². The van der Waals surface area contributed by atoms with Gasteiger partial charge < -0.3 is 10.5 Å². The number of nitriles is 1. The Morgan fingerprint density at radius 2 is 1.95 bits per heavy atom. The average molecular weight is 302 g/mol. The normalized spacial score (nSPS) is 10.9. The molecule has 21 heavy (non-hydrogen) atoms. The maximum absolute atomic E-state index is 12.5. The van der Waals surface area contributed by atoms with E-state index in [1.54, 1.807) is 30.3 Å². The zero-order chi connectivity index (χ0) is 15.5. The van der Waals surface area contributed by atoms with Crippen LogP contribution < -0.4 is 10.5 Å². The highest BCUT2D eigenvalue weighted by Crippen LogP contribution is 2.27. The van der Waals surface area contributed by atoms with Crippen molar-refractivity contribution in [1.29, 1.82) is 5.26 Å². The van der Waals surface area contributed by atoms with Crippen LogP contribution in [0.2, 0.25) is 0 Å². The molecule has 2 N–H and O–H groups in total. The summed E-state index contributed by atoms with van der Waals surface area (Å²) < 4.78 is 30.1. The third-order valence-electron chi connectivity index (χ3n) is 3.04. The minimum Gasteiger partial charge on any atom is -0.497 e. The molecule has 2 rings (SSSR count). The highest BCUT2D eigenvalue weighted by molar-refractivity contribution is 7.90. The van der Waals surface area contributed by atoms with E-state index in [2.05, 4.69) is 0 Å². The van der Waals surface area contributed by atoms with Crippen LogP contribution in [0.3, 0.4) is 0 Å². The van der Waals surface area contributed by atoms with Crippen molar-refractivity contribution in [1.82, 2.24) is 0 Å². The second-order valence-electron chi connectivity index (χ2n) is 4.43. The fourth-order valence-electron chi connectivity index (χ4n) is 1.95. The molecular formula is C15H14N2O3S. The van der Waals surface area contributed by atoms with Gasteiger partial charge in [-0.05, 0) is 23.8 Å². The third kappa shape index (κ3) is 3.15. The van der Waals surface area contributed by atoms with Crippen LogP contribution in [0.25, 0.3) is 0 Å². The molecule has 0 amide bonds. The Bertz CT molecular complexity index is 808. The maximum Gasteiger partial charge on any atom is 0.184 e. The standard InChI is InChI=1S/C15H14N2O3S/c1-20-13-6-7-14(17)15(8-13)21(18,19)10-12-5-3-2-4-11(12)9-16/h2-8H,10,17H2,1H3. The van der Waals surface area contributed by atoms with Crippen LogP contribution in [0.1, 0.15) is 11.1 Å². The quantitative estimate of drug-likeness (QED) is 0.873. The van der Waals surface area contributed by atoms with Crippen LogP contribution in [-0.2, 0) is 15.6 Å². The Balaban J connectivity index is 2.46. The fraction of sp³-hybridized carbons (Fsp3) is 0.133. The van der Waals surface area contributed by atoms with Crippen LogP contribution in [-0.4, -0.2) is 15.5 Å². The summed E-state index contributed by atoms with van der Waals surface area (Å²) in [6.45, 7) is 0. The first-order valence-corrected chi connectivity index (χ1v) is 7.77. The Labute approximate surface area is 123 Å². The largest absolute Gasteiger partial charge is 0.497 e. The topological polar surface area (TPSA) is 93.2 Å². The van der Waals surface area contributed by atoms with E-state index in [9.17, 15) is 8.42 Å². The van der Waals surface area contributed by atoms with Crippen molar-refractivity contribution in [3.8, 4) is 11.8 Å². The summed E-state index contributed by atoms with van der Waals surface area (Å²) in [6, 6.07) is 13.0. The minimum atomic E-state index is -3.67. The summed E-state index contributed by atoms with van der Waals surface area (Å²) >= 11 is 0. The summed E-state index contributed by atoms with van der Waals surface area (Å²) in [6.07, 6.45) is 0. The van der Waals surface area contributed by atoms with Gasteiger partial charge in [0.1, 0.15) is 5.75 Å². The van der Waals surface area contributed by atoms with Gasteiger partial charge in [0.25, 0.3) is 0 Å². The van der Waals surface area contributed by atoms with Gasteiger partial charge in [-0.1, -0.05) is 18.2 Å². The zero-order valence-corrected chi connectivity index (χ0v) is 12.2. The number of nitrogens with two attached hydrogens (primary N) is 1. The Morgan fingerprint density at radius 1 is 1.24 bits per heavy atom. The lowest BCUT2D eigenvalue weighted by molar-refractivity contribution is 0.413. The van der Waals surface area contributed by atoms with Crippen LogP contribution in [0.4, 0.5) is 5.69 Å². The van der Waals surface area contributed by atoms with Crippen LogP contribution >= 0.6 is 0 Å². The molecule has 5 nitrogen and oxygen atoms in total. The first-order valence-electron chi connectivity index (χ1n) is 6.12. The Morgan fingerprint density at radius 3 is 2.62 bits per heavy atom. The van der Waals surface area contributed by atoms with Gasteiger partial charge in [0.15, 0.2) is 9.84 Å². The van der Waals surface area contributed by atoms with E-state index < -0.39 is 9.84 Å². The number of anilines is 1. The molecule has 0 radical (unpaired) electrons. The average Bonchev–Trinajstić information content (AvgIpc) is 2.47. The molecule has 2 aromatic carbocycles. The summed E-state index contributed by atoms with van der Waals surface area (Å²) in [4.78, 5) is 0.00888. The second kappa shape index (κ2) is 5.85. The van der Waals surface area contributed by atoms with Crippen molar-refractivity contribution in [2.45, 2.75) is 10.6 Å². The number of methoxy groups -OCH3 is 1. The van der Waals surface area contributed by atoms with Gasteiger partial charge >= 0.3 is 0 Å². The van der Waals surface area contributed by atoms with Gasteiger partial charge in [0, 0.05) is 6.07 Å². The molecule has 0 spiro atoms. The van der Waals surface area contributed by atoms with E-state index in [4.69, 9.17) is 15.7 Å². The molecule has 0 bridgehead atoms. The third-order valence-corrected chi connectivity index (χ3v) is 4.75. The first-order chi connectivity index (χ1) is 9.97. The van der Waals surface area contributed by atoms with Crippen LogP contribution in [0, 0.1) is 11.3 Å². The monoisotopic (exact) mass is 302 g/mol. The van der Waals surface area contributed by atoms with Gasteiger partial charge in [0.2, 0.25) is 0 Å². The summed E-state index contributed by atoms with van der Waals surface area (Å²) in [5, 5.41) is 9.03. The van der Waals surface area contributed by atoms with E-state index in [-0.39, 0.29) is 16.3 Å². The summed E-state index contributed by atoms with van der Waals surface area (Å²) in [7, 11) is -2.21. The predicted octanol–water partition coefficient (Wildman–Crippen LogP) is 2.12.